The van der Waals surface area contributed by atoms with Crippen molar-refractivity contribution in [3.05, 3.63) is 24.3 Å². The number of nitrogens with zero attached hydrogens (tertiary/aromatic N) is 4. The summed E-state index contributed by atoms with van der Waals surface area (Å²) in [5.41, 5.74) is 0.582. The van der Waals surface area contributed by atoms with Crippen LogP contribution in [-0.4, -0.2) is 64.9 Å². The number of amides is 1. The summed E-state index contributed by atoms with van der Waals surface area (Å²) in [7, 11) is -3.05. The third kappa shape index (κ3) is 3.29. The van der Waals surface area contributed by atoms with Crippen molar-refractivity contribution in [1.29, 1.82) is 0 Å². The summed E-state index contributed by atoms with van der Waals surface area (Å²) in [6.45, 7) is 2.70. The van der Waals surface area contributed by atoms with Gasteiger partial charge in [0.25, 0.3) is 5.91 Å². The SMILES string of the molecule is O=C(c1cnccn1)N1CCC2(CC1)CCN(S(=O)(=O)C1CC1)CC2. The molecule has 0 atom stereocenters. The molecule has 25 heavy (non-hydrogen) atoms. The summed E-state index contributed by atoms with van der Waals surface area (Å²) in [4.78, 5) is 22.4. The van der Waals surface area contributed by atoms with Crippen molar-refractivity contribution in [1.82, 2.24) is 19.2 Å². The van der Waals surface area contributed by atoms with Crippen LogP contribution in [0.2, 0.25) is 0 Å². The second-order valence-corrected chi connectivity index (χ2v) is 9.74. The van der Waals surface area contributed by atoms with Crippen LogP contribution in [0.3, 0.4) is 0 Å². The Bertz CT molecular complexity index is 730. The lowest BCUT2D eigenvalue weighted by Gasteiger charge is -2.46. The Morgan fingerprint density at radius 2 is 1.68 bits per heavy atom. The summed E-state index contributed by atoms with van der Waals surface area (Å²) < 4.78 is 26.5. The van der Waals surface area contributed by atoms with Crippen molar-refractivity contribution in [3.63, 3.8) is 0 Å². The molecule has 3 heterocycles. The molecule has 0 aromatic carbocycles. The molecule has 1 aliphatic carbocycles. The molecule has 0 radical (unpaired) electrons. The molecular formula is C17H24N4O3S. The number of piperidine rings is 2. The van der Waals surface area contributed by atoms with E-state index in [0.29, 0.717) is 31.9 Å². The minimum absolute atomic E-state index is 0.0586. The number of carbonyl (C=O) groups excluding carboxylic acids is 1. The summed E-state index contributed by atoms with van der Waals surface area (Å²) in [5, 5.41) is -0.118. The first-order valence-corrected chi connectivity index (χ1v) is 10.5. The summed E-state index contributed by atoms with van der Waals surface area (Å²) in [6, 6.07) is 0. The van der Waals surface area contributed by atoms with Gasteiger partial charge >= 0.3 is 0 Å². The fraction of sp³-hybridized carbons (Fsp3) is 0.706. The van der Waals surface area contributed by atoms with Crippen LogP contribution in [0.5, 0.6) is 0 Å². The minimum atomic E-state index is -3.05. The molecule has 7 nitrogen and oxygen atoms in total. The van der Waals surface area contributed by atoms with Gasteiger partial charge in [0.2, 0.25) is 10.0 Å². The van der Waals surface area contributed by atoms with Crippen LogP contribution in [0, 0.1) is 5.41 Å². The first-order valence-electron chi connectivity index (χ1n) is 9.05. The maximum absolute atomic E-state index is 12.5. The second kappa shape index (κ2) is 6.32. The van der Waals surface area contributed by atoms with E-state index in [1.807, 2.05) is 4.90 Å². The Labute approximate surface area is 148 Å². The third-order valence-electron chi connectivity index (χ3n) is 5.98. The van der Waals surface area contributed by atoms with E-state index >= 15 is 0 Å². The highest BCUT2D eigenvalue weighted by molar-refractivity contribution is 7.90. The number of sulfonamides is 1. The van der Waals surface area contributed by atoms with Crippen LogP contribution in [0.15, 0.2) is 18.6 Å². The number of carbonyl (C=O) groups is 1. The Hall–Kier alpha value is -1.54. The first kappa shape index (κ1) is 16.9. The molecule has 2 aliphatic heterocycles. The molecule has 0 bridgehead atoms. The Morgan fingerprint density at radius 1 is 1.04 bits per heavy atom. The third-order valence-corrected chi connectivity index (χ3v) is 8.38. The van der Waals surface area contributed by atoms with E-state index in [1.165, 1.54) is 12.4 Å². The molecule has 1 amide bonds. The van der Waals surface area contributed by atoms with Gasteiger partial charge in [-0.1, -0.05) is 0 Å². The lowest BCUT2D eigenvalue weighted by Crippen LogP contribution is -2.49. The molecule has 3 fully saturated rings. The molecule has 2 saturated heterocycles. The number of aromatic nitrogens is 2. The highest BCUT2D eigenvalue weighted by Gasteiger charge is 2.45. The van der Waals surface area contributed by atoms with Crippen LogP contribution in [-0.2, 0) is 10.0 Å². The van der Waals surface area contributed by atoms with E-state index in [1.54, 1.807) is 10.5 Å². The van der Waals surface area contributed by atoms with Crippen molar-refractivity contribution < 1.29 is 13.2 Å². The number of hydrogen-bond acceptors (Lipinski definition) is 5. The van der Waals surface area contributed by atoms with Gasteiger partial charge in [-0.3, -0.25) is 9.78 Å². The van der Waals surface area contributed by atoms with Crippen molar-refractivity contribution >= 4 is 15.9 Å². The Kier molecular flexibility index (Phi) is 4.27. The van der Waals surface area contributed by atoms with Crippen molar-refractivity contribution in [2.24, 2.45) is 5.41 Å². The van der Waals surface area contributed by atoms with E-state index in [9.17, 15) is 13.2 Å². The highest BCUT2D eigenvalue weighted by atomic mass is 32.2. The standard InChI is InChI=1S/C17H24N4O3S/c22-16(15-13-18-7-8-19-15)20-9-3-17(4-10-20)5-11-21(12-6-17)25(23,24)14-1-2-14/h7-8,13-14H,1-6,9-12H2. The van der Waals surface area contributed by atoms with Gasteiger partial charge in [-0.15, -0.1) is 0 Å². The van der Waals surface area contributed by atoms with Gasteiger partial charge in [0.1, 0.15) is 5.69 Å². The van der Waals surface area contributed by atoms with E-state index in [2.05, 4.69) is 9.97 Å². The molecule has 0 unspecified atom stereocenters. The minimum Gasteiger partial charge on any atom is -0.337 e. The van der Waals surface area contributed by atoms with Crippen molar-refractivity contribution in [2.45, 2.75) is 43.8 Å². The molecular weight excluding hydrogens is 340 g/mol. The summed E-state index contributed by atoms with van der Waals surface area (Å²) >= 11 is 0. The van der Waals surface area contributed by atoms with Gasteiger partial charge in [0, 0.05) is 38.6 Å². The van der Waals surface area contributed by atoms with Gasteiger partial charge in [-0.05, 0) is 43.9 Å². The van der Waals surface area contributed by atoms with Crippen molar-refractivity contribution in [3.8, 4) is 0 Å². The van der Waals surface area contributed by atoms with Crippen LogP contribution >= 0.6 is 0 Å². The van der Waals surface area contributed by atoms with Gasteiger partial charge in [0.05, 0.1) is 11.4 Å². The lowest BCUT2D eigenvalue weighted by atomic mass is 9.71. The highest BCUT2D eigenvalue weighted by Crippen LogP contribution is 2.43. The van der Waals surface area contributed by atoms with Crippen LogP contribution in [0.1, 0.15) is 49.0 Å². The predicted molar refractivity (Wildman–Crippen MR) is 92.4 cm³/mol. The molecule has 1 spiro atoms. The fourth-order valence-corrected chi connectivity index (χ4v) is 5.89. The molecule has 1 saturated carbocycles. The zero-order valence-electron chi connectivity index (χ0n) is 14.3. The second-order valence-electron chi connectivity index (χ2n) is 7.53. The normalized spacial score (nSPS) is 24.4. The lowest BCUT2D eigenvalue weighted by molar-refractivity contribution is 0.0419. The monoisotopic (exact) mass is 364 g/mol. The average molecular weight is 364 g/mol. The van der Waals surface area contributed by atoms with E-state index in [0.717, 1.165) is 38.5 Å². The predicted octanol–water partition coefficient (Wildman–Crippen LogP) is 1.29. The van der Waals surface area contributed by atoms with Gasteiger partial charge in [-0.25, -0.2) is 17.7 Å². The van der Waals surface area contributed by atoms with Gasteiger partial charge in [0.15, 0.2) is 0 Å². The molecule has 8 heteroatoms. The fourth-order valence-electron chi connectivity index (χ4n) is 4.05. The Balaban J connectivity index is 1.34. The van der Waals surface area contributed by atoms with E-state index in [-0.39, 0.29) is 16.6 Å². The van der Waals surface area contributed by atoms with E-state index in [4.69, 9.17) is 0 Å². The largest absolute Gasteiger partial charge is 0.337 e. The first-order chi connectivity index (χ1) is 12.0. The maximum atomic E-state index is 12.5. The quantitative estimate of drug-likeness (QED) is 0.807. The summed E-state index contributed by atoms with van der Waals surface area (Å²) in [6.07, 6.45) is 9.95. The molecule has 0 N–H and O–H groups in total. The topological polar surface area (TPSA) is 83.5 Å². The van der Waals surface area contributed by atoms with Crippen LogP contribution in [0.25, 0.3) is 0 Å². The number of likely N-dealkylation sites (tertiary alicyclic amines) is 1. The molecule has 136 valence electrons. The zero-order valence-corrected chi connectivity index (χ0v) is 15.1. The molecule has 3 aliphatic rings. The summed E-state index contributed by atoms with van der Waals surface area (Å²) in [5.74, 6) is -0.0586. The van der Waals surface area contributed by atoms with Gasteiger partial charge < -0.3 is 4.90 Å². The maximum Gasteiger partial charge on any atom is 0.274 e. The van der Waals surface area contributed by atoms with Crippen LogP contribution in [0.4, 0.5) is 0 Å². The van der Waals surface area contributed by atoms with Gasteiger partial charge in [-0.2, -0.15) is 0 Å². The number of hydrogen-bond donors (Lipinski definition) is 0. The smallest absolute Gasteiger partial charge is 0.274 e. The molecule has 1 aromatic rings. The molecule has 4 rings (SSSR count). The average Bonchev–Trinajstić information content (AvgIpc) is 3.49. The molecule has 1 aromatic heterocycles. The van der Waals surface area contributed by atoms with Crippen molar-refractivity contribution in [2.75, 3.05) is 26.2 Å². The zero-order chi connectivity index (χ0) is 17.5. The van der Waals surface area contributed by atoms with Crippen LogP contribution < -0.4 is 0 Å². The Morgan fingerprint density at radius 3 is 2.24 bits per heavy atom. The number of rotatable bonds is 3. The van der Waals surface area contributed by atoms with E-state index < -0.39 is 10.0 Å².